The van der Waals surface area contributed by atoms with E-state index in [0.29, 0.717) is 73.6 Å². The molecular formula is C57H82N2O10. The number of aliphatic hydroxyl groups is 4. The molecule has 0 amide bonds. The number of fused-ring (bicyclic) bond motifs is 9. The number of benzene rings is 2. The fourth-order valence-electron chi connectivity index (χ4n) is 16.0. The topological polar surface area (TPSA) is 186 Å². The highest BCUT2D eigenvalue weighted by molar-refractivity contribution is 5.64. The van der Waals surface area contributed by atoms with Crippen molar-refractivity contribution in [3.63, 3.8) is 0 Å². The van der Waals surface area contributed by atoms with E-state index in [-0.39, 0.29) is 46.5 Å². The number of rotatable bonds is 12. The van der Waals surface area contributed by atoms with E-state index < -0.39 is 42.0 Å². The lowest BCUT2D eigenvalue weighted by Gasteiger charge is -2.57. The van der Waals surface area contributed by atoms with Crippen molar-refractivity contribution in [2.24, 2.45) is 35.0 Å². The zero-order valence-electron chi connectivity index (χ0n) is 41.4. The predicted molar refractivity (Wildman–Crippen MR) is 264 cm³/mol. The number of methoxy groups -OCH3 is 1. The lowest BCUT2D eigenvalue weighted by Crippen LogP contribution is -2.53. The Labute approximate surface area is 409 Å². The molecule has 12 nitrogen and oxygen atoms in total. The first-order valence-corrected chi connectivity index (χ1v) is 27.2. The zero-order valence-corrected chi connectivity index (χ0v) is 41.4. The van der Waals surface area contributed by atoms with Crippen molar-refractivity contribution < 1.29 is 49.6 Å². The first-order chi connectivity index (χ1) is 33.5. The molecule has 0 radical (unpaired) electrons. The number of aromatic nitrogens is 1. The Hall–Kier alpha value is -3.36. The van der Waals surface area contributed by atoms with Crippen LogP contribution in [-0.4, -0.2) is 99.1 Å². The number of ether oxygens (including phenoxy) is 4. The number of phenols is 2. The summed E-state index contributed by atoms with van der Waals surface area (Å²) >= 11 is 0. The van der Waals surface area contributed by atoms with Gasteiger partial charge in [0, 0.05) is 61.5 Å². The van der Waals surface area contributed by atoms with Gasteiger partial charge < -0.3 is 59.9 Å². The Morgan fingerprint density at radius 1 is 0.870 bits per heavy atom. The molecule has 3 heterocycles. The number of phenolic OH excluding ortho intramolecular Hbond substituents is 1. The highest BCUT2D eigenvalue weighted by Gasteiger charge is 2.58. The molecule has 1 saturated heterocycles. The van der Waals surface area contributed by atoms with Crippen LogP contribution in [0.4, 0.5) is 0 Å². The van der Waals surface area contributed by atoms with Crippen molar-refractivity contribution in [3.8, 4) is 23.0 Å². The molecule has 12 heteroatoms. The molecule has 13 unspecified atom stereocenters. The summed E-state index contributed by atoms with van der Waals surface area (Å²) in [6.07, 6.45) is 19.7. The van der Waals surface area contributed by atoms with Crippen LogP contribution in [0.1, 0.15) is 180 Å². The molecule has 2 bridgehead atoms. The van der Waals surface area contributed by atoms with Crippen LogP contribution in [0.25, 0.3) is 0 Å². The van der Waals surface area contributed by atoms with Crippen molar-refractivity contribution >= 4 is 0 Å². The number of nitrogens with one attached hydrogen (secondary N) is 2. The average molecular weight is 955 g/mol. The summed E-state index contributed by atoms with van der Waals surface area (Å²) < 4.78 is 25.5. The Morgan fingerprint density at radius 3 is 2.48 bits per heavy atom. The minimum absolute atomic E-state index is 0.0360. The molecule has 1 spiro atoms. The fourth-order valence-corrected chi connectivity index (χ4v) is 16.0. The maximum absolute atomic E-state index is 12.9. The molecule has 69 heavy (non-hydrogen) atoms. The Balaban J connectivity index is 0.992. The van der Waals surface area contributed by atoms with Gasteiger partial charge in [0.2, 0.25) is 5.75 Å². The van der Waals surface area contributed by atoms with Crippen molar-refractivity contribution in [3.05, 3.63) is 70.0 Å². The van der Waals surface area contributed by atoms with Gasteiger partial charge in [-0.2, -0.15) is 0 Å². The van der Waals surface area contributed by atoms with E-state index in [1.807, 2.05) is 18.5 Å². The standard InChI is InChI=1S/C57H82N2O10/c1-3-67-23-6-21-59-39-9-11-40-38(26-39)31-56(17-4-5-18-56)52-45(61)14-20-57(65)19-13-34(30-57)16-24-68-47-12-8-36(27-42(47)51(40)52)37-7-10-41-46(62)29-49(69-48(41)28-37)50-43(25-35-15-22-58-32-35)55(66-2)54(64)53(63)44(50)33-60/h8,12,15,22,27,32,34,37-41,45-46,48-49,51-52,58-65H,3-7,9-11,13-14,16-21,23-26,28-31,33H2,1-2H3. The number of aliphatic hydroxyl groups excluding tert-OH is 3. The van der Waals surface area contributed by atoms with Crippen LogP contribution in [-0.2, 0) is 22.5 Å². The van der Waals surface area contributed by atoms with E-state index >= 15 is 0 Å². The molecular weight excluding hydrogens is 873 g/mol. The van der Waals surface area contributed by atoms with Crippen LogP contribution in [0.15, 0.2) is 36.7 Å². The zero-order chi connectivity index (χ0) is 47.9. The minimum Gasteiger partial charge on any atom is -0.504 e. The van der Waals surface area contributed by atoms with Gasteiger partial charge in [-0.15, -0.1) is 0 Å². The van der Waals surface area contributed by atoms with Gasteiger partial charge in [-0.1, -0.05) is 25.0 Å². The van der Waals surface area contributed by atoms with Crippen LogP contribution in [0.2, 0.25) is 0 Å². The maximum Gasteiger partial charge on any atom is 0.201 e. The third-order valence-corrected chi connectivity index (χ3v) is 19.1. The lowest BCUT2D eigenvalue weighted by atomic mass is 9.48. The first kappa shape index (κ1) is 49.2. The molecule has 13 atom stereocenters. The molecule has 2 aromatic carbocycles. The van der Waals surface area contributed by atoms with Gasteiger partial charge in [-0.05, 0) is 192 Å². The van der Waals surface area contributed by atoms with Crippen molar-refractivity contribution in [1.29, 1.82) is 0 Å². The van der Waals surface area contributed by atoms with E-state index in [0.717, 1.165) is 115 Å². The third-order valence-electron chi connectivity index (χ3n) is 19.1. The van der Waals surface area contributed by atoms with Crippen LogP contribution >= 0.6 is 0 Å². The number of hydrogen-bond donors (Lipinski definition) is 8. The van der Waals surface area contributed by atoms with Gasteiger partial charge in [-0.25, -0.2) is 0 Å². The predicted octanol–water partition coefficient (Wildman–Crippen LogP) is 9.21. The summed E-state index contributed by atoms with van der Waals surface area (Å²) in [5.41, 5.74) is 4.14. The second kappa shape index (κ2) is 21.0. The van der Waals surface area contributed by atoms with Gasteiger partial charge in [0.1, 0.15) is 5.75 Å². The Bertz CT molecular complexity index is 2190. The maximum atomic E-state index is 12.9. The Kier molecular flexibility index (Phi) is 15.0. The molecule has 7 aliphatic rings. The monoisotopic (exact) mass is 955 g/mol. The Morgan fingerprint density at radius 2 is 1.70 bits per heavy atom. The summed E-state index contributed by atoms with van der Waals surface area (Å²) in [5.74, 6) is 1.89. The summed E-state index contributed by atoms with van der Waals surface area (Å²) in [6, 6.07) is 9.41. The molecule has 2 aliphatic heterocycles. The van der Waals surface area contributed by atoms with Crippen LogP contribution < -0.4 is 14.8 Å². The van der Waals surface area contributed by atoms with Crippen LogP contribution in [0, 0.1) is 35.0 Å². The highest BCUT2D eigenvalue weighted by Crippen LogP contribution is 2.65. The average Bonchev–Trinajstić information content (AvgIpc) is 4.14. The molecule has 5 aliphatic carbocycles. The largest absolute Gasteiger partial charge is 0.504 e. The number of H-pyrrole nitrogens is 1. The van der Waals surface area contributed by atoms with Crippen molar-refractivity contribution in [2.75, 3.05) is 33.5 Å². The normalized spacial score (nSPS) is 35.4. The van der Waals surface area contributed by atoms with Gasteiger partial charge in [0.05, 0.1) is 50.3 Å². The van der Waals surface area contributed by atoms with Crippen molar-refractivity contribution in [1.82, 2.24) is 10.3 Å². The van der Waals surface area contributed by atoms with Crippen LogP contribution in [0.3, 0.4) is 0 Å². The second-order valence-corrected chi connectivity index (χ2v) is 22.9. The van der Waals surface area contributed by atoms with Gasteiger partial charge in [-0.3, -0.25) is 0 Å². The van der Waals surface area contributed by atoms with Crippen LogP contribution in [0.5, 0.6) is 23.0 Å². The number of hydrogen-bond acceptors (Lipinski definition) is 11. The smallest absolute Gasteiger partial charge is 0.201 e. The quantitative estimate of drug-likeness (QED) is 0.0639. The van der Waals surface area contributed by atoms with Gasteiger partial charge in [0.25, 0.3) is 0 Å². The van der Waals surface area contributed by atoms with E-state index in [4.69, 9.17) is 18.9 Å². The summed E-state index contributed by atoms with van der Waals surface area (Å²) in [6.45, 7) is 4.66. The van der Waals surface area contributed by atoms with Crippen molar-refractivity contribution in [2.45, 2.75) is 190 Å². The molecule has 8 N–H and O–H groups in total. The minimum atomic E-state index is -0.716. The van der Waals surface area contributed by atoms with E-state index in [9.17, 15) is 30.6 Å². The summed E-state index contributed by atoms with van der Waals surface area (Å²) in [4.78, 5) is 3.10. The van der Waals surface area contributed by atoms with Gasteiger partial charge in [0.15, 0.2) is 11.5 Å². The number of aromatic hydroxyl groups is 2. The lowest BCUT2D eigenvalue weighted by molar-refractivity contribution is -0.154. The molecule has 1 aromatic heterocycles. The molecule has 380 valence electrons. The molecule has 5 saturated carbocycles. The second-order valence-electron chi connectivity index (χ2n) is 22.9. The SMILES string of the molecule is CCOCCCNC1CCC2C(C1)CC1(CCCC1)C1C(O)CCC3(O)CCC(CCOc4ccc(C5CCC6C(O)CC(c7c(CO)c(O)c(O)c(OC)c7Cc7cc[nH]c7)OC6C5)cc4C21)C3. The summed E-state index contributed by atoms with van der Waals surface area (Å²) in [7, 11) is 1.46. The fraction of sp³-hybridized carbons (Fsp3) is 0.719. The molecule has 3 aromatic rings. The highest BCUT2D eigenvalue weighted by atomic mass is 16.5. The number of aromatic amines is 1. The van der Waals surface area contributed by atoms with E-state index in [1.165, 1.54) is 31.1 Å². The van der Waals surface area contributed by atoms with E-state index in [1.54, 1.807) is 0 Å². The third kappa shape index (κ3) is 9.83. The first-order valence-electron chi connectivity index (χ1n) is 27.2. The summed E-state index contributed by atoms with van der Waals surface area (Å²) in [5, 5.41) is 73.8. The molecule has 10 rings (SSSR count). The molecule has 6 fully saturated rings. The van der Waals surface area contributed by atoms with Gasteiger partial charge >= 0.3 is 0 Å². The van der Waals surface area contributed by atoms with E-state index in [2.05, 4.69) is 35.4 Å².